The van der Waals surface area contributed by atoms with E-state index < -0.39 is 0 Å². The van der Waals surface area contributed by atoms with Gasteiger partial charge in [-0.15, -0.1) is 11.3 Å². The molecule has 0 saturated carbocycles. The van der Waals surface area contributed by atoms with Crippen molar-refractivity contribution < 1.29 is 4.79 Å². The molecule has 1 amide bonds. The summed E-state index contributed by atoms with van der Waals surface area (Å²) in [6, 6.07) is 9.92. The highest BCUT2D eigenvalue weighted by molar-refractivity contribution is 7.09. The monoisotopic (exact) mass is 246 g/mol. The second-order valence-corrected chi connectivity index (χ2v) is 4.70. The molecule has 0 spiro atoms. The lowest BCUT2D eigenvalue weighted by atomic mass is 10.2. The smallest absolute Gasteiger partial charge is 0.220 e. The molecule has 0 aliphatic carbocycles. The fourth-order valence-corrected chi connectivity index (χ4v) is 2.09. The number of nitrogens with one attached hydrogen (secondary N) is 1. The van der Waals surface area contributed by atoms with Crippen molar-refractivity contribution in [3.63, 3.8) is 0 Å². The first kappa shape index (κ1) is 11.8. The van der Waals surface area contributed by atoms with E-state index in [1.165, 1.54) is 0 Å². The van der Waals surface area contributed by atoms with Crippen LogP contribution in [-0.2, 0) is 17.8 Å². The van der Waals surface area contributed by atoms with Crippen molar-refractivity contribution in [2.24, 2.45) is 0 Å². The van der Waals surface area contributed by atoms with Crippen LogP contribution in [0, 0.1) is 0 Å². The van der Waals surface area contributed by atoms with Crippen molar-refractivity contribution in [3.05, 3.63) is 52.5 Å². The van der Waals surface area contributed by atoms with E-state index in [4.69, 9.17) is 0 Å². The van der Waals surface area contributed by atoms with Crippen LogP contribution < -0.4 is 5.32 Å². The van der Waals surface area contributed by atoms with Crippen LogP contribution in [0.3, 0.4) is 0 Å². The number of hydrogen-bond donors (Lipinski definition) is 1. The molecule has 1 aromatic carbocycles. The lowest BCUT2D eigenvalue weighted by molar-refractivity contribution is -0.121. The molecule has 0 saturated heterocycles. The van der Waals surface area contributed by atoms with Crippen molar-refractivity contribution in [3.8, 4) is 0 Å². The lowest BCUT2D eigenvalue weighted by Gasteiger charge is -2.04. The molecule has 1 heterocycles. The van der Waals surface area contributed by atoms with Gasteiger partial charge in [0.1, 0.15) is 0 Å². The van der Waals surface area contributed by atoms with E-state index >= 15 is 0 Å². The molecule has 2 aromatic rings. The summed E-state index contributed by atoms with van der Waals surface area (Å²) >= 11 is 1.59. The molecule has 88 valence electrons. The maximum atomic E-state index is 11.6. The highest BCUT2D eigenvalue weighted by Crippen LogP contribution is 2.08. The Bertz CT molecular complexity index is 454. The van der Waals surface area contributed by atoms with E-state index in [1.807, 2.05) is 36.5 Å². The van der Waals surface area contributed by atoms with Crippen LogP contribution >= 0.6 is 11.3 Å². The van der Waals surface area contributed by atoms with Gasteiger partial charge < -0.3 is 5.32 Å². The number of thiazole rings is 1. The largest absolute Gasteiger partial charge is 0.352 e. The summed E-state index contributed by atoms with van der Waals surface area (Å²) in [5.41, 5.74) is 2.91. The molecule has 0 unspecified atom stereocenters. The normalized spacial score (nSPS) is 10.1. The molecule has 0 atom stereocenters. The third kappa shape index (κ3) is 4.00. The number of benzene rings is 1. The summed E-state index contributed by atoms with van der Waals surface area (Å²) in [5.74, 6) is 0.0854. The van der Waals surface area contributed by atoms with E-state index in [2.05, 4.69) is 10.3 Å². The van der Waals surface area contributed by atoms with Gasteiger partial charge in [-0.05, 0) is 12.0 Å². The molecule has 0 aliphatic heterocycles. The minimum atomic E-state index is 0.0854. The number of carbonyl (C=O) groups excluding carboxylic acids is 1. The number of aromatic nitrogens is 1. The lowest BCUT2D eigenvalue weighted by Crippen LogP contribution is -2.22. The number of rotatable bonds is 5. The number of aryl methyl sites for hydroxylation is 1. The predicted octanol–water partition coefficient (Wildman–Crippen LogP) is 2.39. The zero-order chi connectivity index (χ0) is 11.9. The maximum Gasteiger partial charge on any atom is 0.220 e. The van der Waals surface area contributed by atoms with Crippen LogP contribution in [0.5, 0.6) is 0 Å². The fraction of sp³-hybridized carbons (Fsp3) is 0.231. The van der Waals surface area contributed by atoms with Crippen LogP contribution in [0.2, 0.25) is 0 Å². The van der Waals surface area contributed by atoms with Gasteiger partial charge in [-0.2, -0.15) is 0 Å². The number of hydrogen-bond acceptors (Lipinski definition) is 3. The zero-order valence-corrected chi connectivity index (χ0v) is 10.2. The van der Waals surface area contributed by atoms with Crippen LogP contribution in [0.25, 0.3) is 0 Å². The van der Waals surface area contributed by atoms with Gasteiger partial charge in [-0.3, -0.25) is 9.78 Å². The van der Waals surface area contributed by atoms with Gasteiger partial charge in [0.15, 0.2) is 0 Å². The molecule has 17 heavy (non-hydrogen) atoms. The first-order chi connectivity index (χ1) is 8.34. The Morgan fingerprint density at radius 2 is 2.12 bits per heavy atom. The topological polar surface area (TPSA) is 42.0 Å². The van der Waals surface area contributed by atoms with Crippen molar-refractivity contribution in [2.75, 3.05) is 0 Å². The molecule has 2 rings (SSSR count). The summed E-state index contributed by atoms with van der Waals surface area (Å²) < 4.78 is 0. The highest BCUT2D eigenvalue weighted by Gasteiger charge is 2.02. The van der Waals surface area contributed by atoms with Gasteiger partial charge >= 0.3 is 0 Å². The van der Waals surface area contributed by atoms with Crippen molar-refractivity contribution in [1.29, 1.82) is 0 Å². The molecule has 3 nitrogen and oxygen atoms in total. The Labute approximate surface area is 105 Å². The van der Waals surface area contributed by atoms with Gasteiger partial charge in [-0.1, -0.05) is 30.3 Å². The summed E-state index contributed by atoms with van der Waals surface area (Å²) in [7, 11) is 0. The molecule has 1 N–H and O–H groups in total. The van der Waals surface area contributed by atoms with Crippen molar-refractivity contribution in [2.45, 2.75) is 19.4 Å². The van der Waals surface area contributed by atoms with Gasteiger partial charge in [-0.25, -0.2) is 0 Å². The summed E-state index contributed by atoms with van der Waals surface area (Å²) in [6.45, 7) is 0.600. The molecule has 0 fully saturated rings. The van der Waals surface area contributed by atoms with Gasteiger partial charge in [0, 0.05) is 24.0 Å². The number of carbonyl (C=O) groups is 1. The average molecular weight is 246 g/mol. The van der Waals surface area contributed by atoms with E-state index in [0.717, 1.165) is 16.9 Å². The summed E-state index contributed by atoms with van der Waals surface area (Å²) in [5, 5.41) is 2.91. The summed E-state index contributed by atoms with van der Waals surface area (Å²) in [6.07, 6.45) is 3.11. The minimum Gasteiger partial charge on any atom is -0.352 e. The quantitative estimate of drug-likeness (QED) is 0.880. The molecule has 4 heteroatoms. The van der Waals surface area contributed by atoms with E-state index in [9.17, 15) is 4.79 Å². The Balaban J connectivity index is 1.71. The molecule has 0 aliphatic rings. The van der Waals surface area contributed by atoms with Crippen LogP contribution in [0.1, 0.15) is 16.9 Å². The Morgan fingerprint density at radius 3 is 2.82 bits per heavy atom. The van der Waals surface area contributed by atoms with E-state index in [-0.39, 0.29) is 5.91 Å². The molecular formula is C13H14N2OS. The van der Waals surface area contributed by atoms with Crippen LogP contribution in [-0.4, -0.2) is 10.9 Å². The molecule has 0 radical (unpaired) electrons. The SMILES string of the molecule is O=C(CCc1cncs1)NCc1ccccc1. The molecular weight excluding hydrogens is 232 g/mol. The average Bonchev–Trinajstić information content (AvgIpc) is 2.88. The van der Waals surface area contributed by atoms with E-state index in [1.54, 1.807) is 16.8 Å². The third-order valence-corrected chi connectivity index (χ3v) is 3.25. The second kappa shape index (κ2) is 6.15. The van der Waals surface area contributed by atoms with Gasteiger partial charge in [0.2, 0.25) is 5.91 Å². The van der Waals surface area contributed by atoms with Crippen molar-refractivity contribution in [1.82, 2.24) is 10.3 Å². The van der Waals surface area contributed by atoms with Crippen LogP contribution in [0.15, 0.2) is 42.0 Å². The van der Waals surface area contributed by atoms with Gasteiger partial charge in [0.25, 0.3) is 0 Å². The highest BCUT2D eigenvalue weighted by atomic mass is 32.1. The number of nitrogens with zero attached hydrogens (tertiary/aromatic N) is 1. The first-order valence-electron chi connectivity index (χ1n) is 5.52. The second-order valence-electron chi connectivity index (χ2n) is 3.73. The summed E-state index contributed by atoms with van der Waals surface area (Å²) in [4.78, 5) is 16.7. The standard InChI is InChI=1S/C13H14N2OS/c16-13(7-6-12-9-14-10-17-12)15-8-11-4-2-1-3-5-11/h1-5,9-10H,6-8H2,(H,15,16). The van der Waals surface area contributed by atoms with Crippen LogP contribution in [0.4, 0.5) is 0 Å². The Kier molecular flexibility index (Phi) is 4.27. The maximum absolute atomic E-state index is 11.6. The Morgan fingerprint density at radius 1 is 1.29 bits per heavy atom. The zero-order valence-electron chi connectivity index (χ0n) is 9.43. The Hall–Kier alpha value is -1.68. The van der Waals surface area contributed by atoms with Gasteiger partial charge in [0.05, 0.1) is 5.51 Å². The first-order valence-corrected chi connectivity index (χ1v) is 6.40. The molecule has 1 aromatic heterocycles. The number of amides is 1. The minimum absolute atomic E-state index is 0.0854. The van der Waals surface area contributed by atoms with Crippen molar-refractivity contribution >= 4 is 17.2 Å². The fourth-order valence-electron chi connectivity index (χ4n) is 1.49. The van der Waals surface area contributed by atoms with E-state index in [0.29, 0.717) is 13.0 Å². The third-order valence-electron chi connectivity index (χ3n) is 2.41. The molecule has 0 bridgehead atoms. The predicted molar refractivity (Wildman–Crippen MR) is 68.7 cm³/mol.